The molecule has 0 aromatic heterocycles. The van der Waals surface area contributed by atoms with Gasteiger partial charge in [-0.15, -0.1) is 0 Å². The van der Waals surface area contributed by atoms with Crippen LogP contribution in [-0.4, -0.2) is 26.7 Å². The molecule has 94 valence electrons. The monoisotopic (exact) mass is 245 g/mol. The van der Waals surface area contributed by atoms with Crippen molar-refractivity contribution in [2.75, 3.05) is 14.2 Å². The van der Waals surface area contributed by atoms with Crippen molar-refractivity contribution < 1.29 is 23.0 Å². The molecule has 0 radical (unpaired) electrons. The Morgan fingerprint density at radius 3 is 2.53 bits per heavy atom. The summed E-state index contributed by atoms with van der Waals surface area (Å²) in [5.74, 6) is -0.620. The molecule has 0 fully saturated rings. The fourth-order valence-corrected chi connectivity index (χ4v) is 1.44. The van der Waals surface area contributed by atoms with Crippen molar-refractivity contribution in [3.8, 4) is 5.75 Å². The molecule has 1 aromatic carbocycles. The molecule has 1 atom stereocenters. The number of carbonyl (C=O) groups is 1. The molecule has 6 heteroatoms. The number of halogens is 2. The fraction of sp³-hybridized carbons (Fsp3) is 0.364. The van der Waals surface area contributed by atoms with E-state index in [0.717, 1.165) is 0 Å². The van der Waals surface area contributed by atoms with Gasteiger partial charge in [0.15, 0.2) is 0 Å². The topological polar surface area (TPSA) is 47.6 Å². The molecule has 1 unspecified atom stereocenters. The second kappa shape index (κ2) is 6.15. The summed E-state index contributed by atoms with van der Waals surface area (Å²) in [6.45, 7) is -2.94. The number of hydrogen-bond donors (Lipinski definition) is 1. The third-order valence-corrected chi connectivity index (χ3v) is 2.17. The SMILES string of the molecule is CNC(C(=O)OC)c1ccccc1OC(F)F. The maximum absolute atomic E-state index is 12.2. The number of rotatable bonds is 5. The zero-order valence-electron chi connectivity index (χ0n) is 9.44. The van der Waals surface area contributed by atoms with Crippen molar-refractivity contribution in [1.29, 1.82) is 0 Å². The van der Waals surface area contributed by atoms with Gasteiger partial charge in [-0.2, -0.15) is 8.78 Å². The van der Waals surface area contributed by atoms with Gasteiger partial charge in [-0.3, -0.25) is 0 Å². The highest BCUT2D eigenvalue weighted by molar-refractivity contribution is 5.78. The molecule has 1 N–H and O–H groups in total. The van der Waals surface area contributed by atoms with Gasteiger partial charge in [-0.1, -0.05) is 18.2 Å². The van der Waals surface area contributed by atoms with Crippen LogP contribution in [0.25, 0.3) is 0 Å². The summed E-state index contributed by atoms with van der Waals surface area (Å²) in [5.41, 5.74) is 0.308. The summed E-state index contributed by atoms with van der Waals surface area (Å²) in [5, 5.41) is 2.68. The first kappa shape index (κ1) is 13.4. The number of ether oxygens (including phenoxy) is 2. The predicted molar refractivity (Wildman–Crippen MR) is 56.9 cm³/mol. The Morgan fingerprint density at radius 1 is 1.35 bits per heavy atom. The molecule has 0 aliphatic carbocycles. The Morgan fingerprint density at radius 2 is 2.00 bits per heavy atom. The quantitative estimate of drug-likeness (QED) is 0.802. The van der Waals surface area contributed by atoms with Crippen LogP contribution in [0.1, 0.15) is 11.6 Å². The first-order chi connectivity index (χ1) is 8.10. The van der Waals surface area contributed by atoms with E-state index in [-0.39, 0.29) is 5.75 Å². The van der Waals surface area contributed by atoms with Crippen LogP contribution in [-0.2, 0) is 9.53 Å². The van der Waals surface area contributed by atoms with E-state index in [9.17, 15) is 13.6 Å². The third-order valence-electron chi connectivity index (χ3n) is 2.17. The minimum Gasteiger partial charge on any atom is -0.468 e. The van der Waals surface area contributed by atoms with Gasteiger partial charge in [0.25, 0.3) is 0 Å². The van der Waals surface area contributed by atoms with Gasteiger partial charge in [-0.25, -0.2) is 4.79 Å². The molecule has 0 heterocycles. The largest absolute Gasteiger partial charge is 0.468 e. The van der Waals surface area contributed by atoms with Gasteiger partial charge >= 0.3 is 12.6 Å². The van der Waals surface area contributed by atoms with Crippen LogP contribution in [0.5, 0.6) is 5.75 Å². The molecule has 4 nitrogen and oxygen atoms in total. The van der Waals surface area contributed by atoms with Gasteiger partial charge in [0.2, 0.25) is 0 Å². The van der Waals surface area contributed by atoms with Gasteiger partial charge in [0.1, 0.15) is 11.8 Å². The van der Waals surface area contributed by atoms with Crippen LogP contribution in [0.4, 0.5) is 8.78 Å². The maximum atomic E-state index is 12.2. The predicted octanol–water partition coefficient (Wildman–Crippen LogP) is 1.72. The molecular weight excluding hydrogens is 232 g/mol. The number of nitrogens with one attached hydrogen (secondary N) is 1. The Kier molecular flexibility index (Phi) is 4.84. The van der Waals surface area contributed by atoms with E-state index in [4.69, 9.17) is 0 Å². The number of methoxy groups -OCH3 is 1. The first-order valence-corrected chi connectivity index (χ1v) is 4.89. The number of para-hydroxylation sites is 1. The number of likely N-dealkylation sites (N-methyl/N-ethyl adjacent to an activating group) is 1. The van der Waals surface area contributed by atoms with Gasteiger partial charge in [0.05, 0.1) is 7.11 Å². The van der Waals surface area contributed by atoms with Crippen LogP contribution in [0, 0.1) is 0 Å². The minimum absolute atomic E-state index is 0.0488. The van der Waals surface area contributed by atoms with E-state index in [1.165, 1.54) is 26.3 Å². The van der Waals surface area contributed by atoms with Crippen LogP contribution in [0.3, 0.4) is 0 Å². The van der Waals surface area contributed by atoms with Crippen molar-refractivity contribution in [1.82, 2.24) is 5.32 Å². The summed E-state index contributed by atoms with van der Waals surface area (Å²) >= 11 is 0. The number of carbonyl (C=O) groups excluding carboxylic acids is 1. The van der Waals surface area contributed by atoms with Gasteiger partial charge < -0.3 is 14.8 Å². The number of alkyl halides is 2. The highest BCUT2D eigenvalue weighted by atomic mass is 19.3. The third kappa shape index (κ3) is 3.39. The molecule has 0 saturated heterocycles. The fourth-order valence-electron chi connectivity index (χ4n) is 1.44. The molecular formula is C11H13F2NO3. The van der Waals surface area contributed by atoms with Crippen LogP contribution in [0.15, 0.2) is 24.3 Å². The summed E-state index contributed by atoms with van der Waals surface area (Å²) in [7, 11) is 2.75. The van der Waals surface area contributed by atoms with Crippen molar-refractivity contribution in [2.24, 2.45) is 0 Å². The second-order valence-electron chi connectivity index (χ2n) is 3.16. The lowest BCUT2D eigenvalue weighted by Crippen LogP contribution is -2.27. The Balaban J connectivity index is 3.05. The number of hydrogen-bond acceptors (Lipinski definition) is 4. The van der Waals surface area contributed by atoms with Crippen molar-refractivity contribution in [3.05, 3.63) is 29.8 Å². The molecule has 17 heavy (non-hydrogen) atoms. The van der Waals surface area contributed by atoms with Crippen molar-refractivity contribution in [3.63, 3.8) is 0 Å². The summed E-state index contributed by atoms with van der Waals surface area (Å²) in [6.07, 6.45) is 0. The van der Waals surface area contributed by atoms with Crippen LogP contribution in [0.2, 0.25) is 0 Å². The van der Waals surface area contributed by atoms with E-state index in [2.05, 4.69) is 14.8 Å². The highest BCUT2D eigenvalue weighted by Crippen LogP contribution is 2.26. The zero-order valence-corrected chi connectivity index (χ0v) is 9.44. The van der Waals surface area contributed by atoms with Crippen molar-refractivity contribution >= 4 is 5.97 Å². The normalized spacial score (nSPS) is 12.3. The summed E-state index contributed by atoms with van der Waals surface area (Å²) in [6, 6.07) is 5.23. The molecule has 0 aliphatic heterocycles. The lowest BCUT2D eigenvalue weighted by molar-refractivity contribution is -0.143. The maximum Gasteiger partial charge on any atom is 0.387 e. The lowest BCUT2D eigenvalue weighted by Gasteiger charge is -2.17. The van der Waals surface area contributed by atoms with E-state index in [1.807, 2.05) is 0 Å². The smallest absolute Gasteiger partial charge is 0.387 e. The Hall–Kier alpha value is -1.69. The molecule has 0 spiro atoms. The average Bonchev–Trinajstić information content (AvgIpc) is 2.31. The first-order valence-electron chi connectivity index (χ1n) is 4.89. The summed E-state index contributed by atoms with van der Waals surface area (Å²) < 4.78 is 33.3. The van der Waals surface area contributed by atoms with Gasteiger partial charge in [0, 0.05) is 5.56 Å². The minimum atomic E-state index is -2.94. The standard InChI is InChI=1S/C11H13F2NO3/c1-14-9(10(15)16-2)7-5-3-4-6-8(7)17-11(12)13/h3-6,9,11,14H,1-2H3. The Labute approximate surface area is 97.5 Å². The van der Waals surface area contributed by atoms with Gasteiger partial charge in [-0.05, 0) is 13.1 Å². The molecule has 0 aliphatic rings. The second-order valence-corrected chi connectivity index (χ2v) is 3.16. The highest BCUT2D eigenvalue weighted by Gasteiger charge is 2.23. The average molecular weight is 245 g/mol. The molecule has 0 saturated carbocycles. The van der Waals surface area contributed by atoms with E-state index in [1.54, 1.807) is 12.1 Å². The molecule has 0 bridgehead atoms. The number of esters is 1. The lowest BCUT2D eigenvalue weighted by atomic mass is 10.1. The Bertz CT molecular complexity index is 385. The number of benzene rings is 1. The zero-order chi connectivity index (χ0) is 12.8. The van der Waals surface area contributed by atoms with Crippen LogP contribution >= 0.6 is 0 Å². The van der Waals surface area contributed by atoms with E-state index >= 15 is 0 Å². The molecule has 0 amide bonds. The summed E-state index contributed by atoms with van der Waals surface area (Å²) in [4.78, 5) is 11.5. The van der Waals surface area contributed by atoms with E-state index in [0.29, 0.717) is 5.56 Å². The van der Waals surface area contributed by atoms with E-state index < -0.39 is 18.6 Å². The molecule has 1 aromatic rings. The van der Waals surface area contributed by atoms with Crippen LogP contribution < -0.4 is 10.1 Å². The molecule has 1 rings (SSSR count). The van der Waals surface area contributed by atoms with Crippen molar-refractivity contribution in [2.45, 2.75) is 12.7 Å².